The topological polar surface area (TPSA) is 34.6 Å². The standard InChI is InChI=1S/C23H23F3N2O2/c1-16-13-27-22(12-21(16)23(24,25)26)28(14-17-4-8-19(29-2)9-5-17)15-18-6-10-20(30-3)11-7-18/h4-13H,14-15H2,1-3H3. The Morgan fingerprint density at radius 2 is 1.30 bits per heavy atom. The zero-order chi connectivity index (χ0) is 21.7. The van der Waals surface area contributed by atoms with Crippen LogP contribution in [-0.2, 0) is 19.3 Å². The molecule has 3 rings (SSSR count). The minimum Gasteiger partial charge on any atom is -0.497 e. The summed E-state index contributed by atoms with van der Waals surface area (Å²) in [6, 6.07) is 16.0. The van der Waals surface area contributed by atoms with Crippen molar-refractivity contribution < 1.29 is 22.6 Å². The minimum absolute atomic E-state index is 0.0973. The van der Waals surface area contributed by atoms with Crippen molar-refractivity contribution in [3.8, 4) is 11.5 Å². The summed E-state index contributed by atoms with van der Waals surface area (Å²) in [5, 5.41) is 0. The van der Waals surface area contributed by atoms with Crippen molar-refractivity contribution in [3.05, 3.63) is 83.0 Å². The van der Waals surface area contributed by atoms with Gasteiger partial charge in [-0.15, -0.1) is 0 Å². The molecule has 0 bridgehead atoms. The maximum Gasteiger partial charge on any atom is 0.416 e. The molecule has 158 valence electrons. The smallest absolute Gasteiger partial charge is 0.416 e. The van der Waals surface area contributed by atoms with Crippen molar-refractivity contribution in [1.29, 1.82) is 0 Å². The van der Waals surface area contributed by atoms with E-state index in [-0.39, 0.29) is 11.4 Å². The van der Waals surface area contributed by atoms with Gasteiger partial charge in [-0.2, -0.15) is 13.2 Å². The van der Waals surface area contributed by atoms with E-state index in [1.165, 1.54) is 13.1 Å². The Morgan fingerprint density at radius 3 is 1.70 bits per heavy atom. The average Bonchev–Trinajstić information content (AvgIpc) is 2.74. The van der Waals surface area contributed by atoms with Gasteiger partial charge in [0.2, 0.25) is 0 Å². The molecular formula is C23H23F3N2O2. The Labute approximate surface area is 173 Å². The number of rotatable bonds is 7. The van der Waals surface area contributed by atoms with Crippen LogP contribution in [0.4, 0.5) is 19.0 Å². The van der Waals surface area contributed by atoms with Gasteiger partial charge >= 0.3 is 6.18 Å². The molecular weight excluding hydrogens is 393 g/mol. The molecule has 0 saturated carbocycles. The number of hydrogen-bond donors (Lipinski definition) is 0. The van der Waals surface area contributed by atoms with Gasteiger partial charge in [0.25, 0.3) is 0 Å². The molecule has 0 aliphatic carbocycles. The third-order valence-electron chi connectivity index (χ3n) is 4.78. The summed E-state index contributed by atoms with van der Waals surface area (Å²) in [4.78, 5) is 6.11. The van der Waals surface area contributed by atoms with Crippen LogP contribution in [0.3, 0.4) is 0 Å². The fourth-order valence-electron chi connectivity index (χ4n) is 3.11. The molecule has 30 heavy (non-hydrogen) atoms. The number of aromatic nitrogens is 1. The van der Waals surface area contributed by atoms with Crippen LogP contribution < -0.4 is 14.4 Å². The van der Waals surface area contributed by atoms with Crippen molar-refractivity contribution in [1.82, 2.24) is 4.98 Å². The van der Waals surface area contributed by atoms with Crippen LogP contribution in [0.2, 0.25) is 0 Å². The first-order chi connectivity index (χ1) is 14.3. The summed E-state index contributed by atoms with van der Waals surface area (Å²) < 4.78 is 50.7. The number of halogens is 3. The highest BCUT2D eigenvalue weighted by Crippen LogP contribution is 2.34. The molecule has 0 radical (unpaired) electrons. The number of methoxy groups -OCH3 is 2. The van der Waals surface area contributed by atoms with Crippen LogP contribution in [0, 0.1) is 6.92 Å². The minimum atomic E-state index is -4.44. The quantitative estimate of drug-likeness (QED) is 0.500. The van der Waals surface area contributed by atoms with Gasteiger partial charge in [0, 0.05) is 19.3 Å². The van der Waals surface area contributed by atoms with E-state index in [2.05, 4.69) is 4.98 Å². The van der Waals surface area contributed by atoms with Crippen molar-refractivity contribution in [2.45, 2.75) is 26.2 Å². The number of pyridine rings is 1. The van der Waals surface area contributed by atoms with Crippen LogP contribution in [-0.4, -0.2) is 19.2 Å². The second-order valence-electron chi connectivity index (χ2n) is 6.91. The number of ether oxygens (including phenoxy) is 2. The summed E-state index contributed by atoms with van der Waals surface area (Å²) >= 11 is 0. The lowest BCUT2D eigenvalue weighted by molar-refractivity contribution is -0.138. The first-order valence-corrected chi connectivity index (χ1v) is 9.35. The third-order valence-corrected chi connectivity index (χ3v) is 4.78. The summed E-state index contributed by atoms with van der Waals surface area (Å²) in [5.74, 6) is 1.70. The molecule has 7 heteroatoms. The first kappa shape index (κ1) is 21.5. The Hall–Kier alpha value is -3.22. The van der Waals surface area contributed by atoms with Crippen molar-refractivity contribution in [3.63, 3.8) is 0 Å². The van der Waals surface area contributed by atoms with Gasteiger partial charge in [-0.25, -0.2) is 4.98 Å². The summed E-state index contributed by atoms with van der Waals surface area (Å²) in [7, 11) is 3.17. The number of nitrogens with zero attached hydrogens (tertiary/aromatic N) is 2. The Bertz CT molecular complexity index is 922. The van der Waals surface area contributed by atoms with Crippen LogP contribution in [0.1, 0.15) is 22.3 Å². The highest BCUT2D eigenvalue weighted by atomic mass is 19.4. The van der Waals surface area contributed by atoms with E-state index in [0.29, 0.717) is 24.6 Å². The fraction of sp³-hybridized carbons (Fsp3) is 0.261. The zero-order valence-electron chi connectivity index (χ0n) is 17.0. The molecule has 2 aromatic carbocycles. The van der Waals surface area contributed by atoms with Gasteiger partial charge in [-0.3, -0.25) is 0 Å². The SMILES string of the molecule is COc1ccc(CN(Cc2ccc(OC)cc2)c2cc(C(F)(F)F)c(C)cn2)cc1. The largest absolute Gasteiger partial charge is 0.497 e. The van der Waals surface area contributed by atoms with Crippen LogP contribution in [0.25, 0.3) is 0 Å². The molecule has 0 N–H and O–H groups in total. The maximum atomic E-state index is 13.4. The normalized spacial score (nSPS) is 11.3. The van der Waals surface area contributed by atoms with Crippen LogP contribution >= 0.6 is 0 Å². The van der Waals surface area contributed by atoms with E-state index >= 15 is 0 Å². The number of anilines is 1. The molecule has 1 aromatic heterocycles. The Morgan fingerprint density at radius 1 is 0.833 bits per heavy atom. The number of hydrogen-bond acceptors (Lipinski definition) is 4. The second kappa shape index (κ2) is 9.07. The van der Waals surface area contributed by atoms with Gasteiger partial charge < -0.3 is 14.4 Å². The molecule has 0 fully saturated rings. The molecule has 1 heterocycles. The zero-order valence-corrected chi connectivity index (χ0v) is 17.0. The van der Waals surface area contributed by atoms with E-state index in [9.17, 15) is 13.2 Å². The summed E-state index contributed by atoms with van der Waals surface area (Å²) in [5.41, 5.74) is 1.28. The molecule has 0 atom stereocenters. The van der Waals surface area contributed by atoms with Gasteiger partial charge in [-0.1, -0.05) is 24.3 Å². The average molecular weight is 416 g/mol. The predicted molar refractivity (Wildman–Crippen MR) is 110 cm³/mol. The molecule has 0 spiro atoms. The first-order valence-electron chi connectivity index (χ1n) is 9.35. The number of aryl methyl sites for hydroxylation is 1. The highest BCUT2D eigenvalue weighted by Gasteiger charge is 2.33. The third kappa shape index (κ3) is 5.23. The van der Waals surface area contributed by atoms with Gasteiger partial charge in [0.1, 0.15) is 17.3 Å². The van der Waals surface area contributed by atoms with Crippen molar-refractivity contribution >= 4 is 5.82 Å². The second-order valence-corrected chi connectivity index (χ2v) is 6.91. The molecule has 0 aliphatic rings. The van der Waals surface area contributed by atoms with Gasteiger partial charge in [0.05, 0.1) is 19.8 Å². The maximum absolute atomic E-state index is 13.4. The van der Waals surface area contributed by atoms with Gasteiger partial charge in [-0.05, 0) is 53.9 Å². The van der Waals surface area contributed by atoms with Crippen LogP contribution in [0.15, 0.2) is 60.8 Å². The van der Waals surface area contributed by atoms with E-state index in [4.69, 9.17) is 9.47 Å². The summed E-state index contributed by atoms with van der Waals surface area (Å²) in [6.07, 6.45) is -3.17. The van der Waals surface area contributed by atoms with Gasteiger partial charge in [0.15, 0.2) is 0 Å². The highest BCUT2D eigenvalue weighted by molar-refractivity contribution is 5.46. The number of benzene rings is 2. The van der Waals surface area contributed by atoms with E-state index in [1.54, 1.807) is 14.2 Å². The lowest BCUT2D eigenvalue weighted by atomic mass is 10.1. The molecule has 4 nitrogen and oxygen atoms in total. The molecule has 0 saturated heterocycles. The summed E-state index contributed by atoms with van der Waals surface area (Å²) in [6.45, 7) is 2.20. The number of alkyl halides is 3. The van der Waals surface area contributed by atoms with E-state index in [0.717, 1.165) is 17.2 Å². The molecule has 0 unspecified atom stereocenters. The molecule has 0 amide bonds. The lowest BCUT2D eigenvalue weighted by Crippen LogP contribution is -2.24. The Balaban J connectivity index is 1.95. The van der Waals surface area contributed by atoms with Crippen molar-refractivity contribution in [2.24, 2.45) is 0 Å². The monoisotopic (exact) mass is 416 g/mol. The predicted octanol–water partition coefficient (Wildman–Crippen LogP) is 5.63. The molecule has 3 aromatic rings. The van der Waals surface area contributed by atoms with Crippen molar-refractivity contribution in [2.75, 3.05) is 19.1 Å². The molecule has 0 aliphatic heterocycles. The fourth-order valence-corrected chi connectivity index (χ4v) is 3.11. The van der Waals surface area contributed by atoms with E-state index < -0.39 is 11.7 Å². The Kier molecular flexibility index (Phi) is 6.50. The van der Waals surface area contributed by atoms with E-state index in [1.807, 2.05) is 53.4 Å². The lowest BCUT2D eigenvalue weighted by Gasteiger charge is -2.25. The van der Waals surface area contributed by atoms with Crippen LogP contribution in [0.5, 0.6) is 11.5 Å².